The van der Waals surface area contributed by atoms with E-state index in [0.717, 1.165) is 12.4 Å². The van der Waals surface area contributed by atoms with Crippen LogP contribution in [0.4, 0.5) is 0 Å². The predicted molar refractivity (Wildman–Crippen MR) is 106 cm³/mol. The molecule has 0 fully saturated rings. The van der Waals surface area contributed by atoms with E-state index in [4.69, 9.17) is 4.74 Å². The zero-order chi connectivity index (χ0) is 16.7. The molecule has 0 saturated heterocycles. The predicted octanol–water partition coefficient (Wildman–Crippen LogP) is 4.86. The highest BCUT2D eigenvalue weighted by Crippen LogP contribution is 2.36. The van der Waals surface area contributed by atoms with Crippen LogP contribution in [0.1, 0.15) is 5.56 Å². The Hall–Kier alpha value is -1.59. The van der Waals surface area contributed by atoms with E-state index in [1.807, 2.05) is 0 Å². The van der Waals surface area contributed by atoms with Crippen molar-refractivity contribution >= 4 is 26.5 Å². The topological polar surface area (TPSA) is 9.23 Å². The van der Waals surface area contributed by atoms with Gasteiger partial charge in [0.2, 0.25) is 0 Å². The molecule has 3 heteroatoms. The van der Waals surface area contributed by atoms with Crippen molar-refractivity contribution in [2.75, 3.05) is 6.61 Å². The average Bonchev–Trinajstić information content (AvgIpc) is 2.50. The maximum atomic E-state index is 6.17. The molecule has 1 nitrogen and oxygen atoms in total. The lowest BCUT2D eigenvalue weighted by Crippen LogP contribution is -2.51. The van der Waals surface area contributed by atoms with Crippen molar-refractivity contribution in [1.29, 1.82) is 0 Å². The van der Waals surface area contributed by atoms with Gasteiger partial charge in [-0.15, -0.1) is 0 Å². The van der Waals surface area contributed by atoms with Gasteiger partial charge >= 0.3 is 0 Å². The van der Waals surface area contributed by atoms with E-state index < -0.39 is 16.1 Å². The molecule has 2 aromatic carbocycles. The third-order valence-corrected chi connectivity index (χ3v) is 10.8. The molecular weight excluding hydrogens is 312 g/mol. The highest BCUT2D eigenvalue weighted by molar-refractivity contribution is 7.02. The Balaban J connectivity index is 2.26. The number of para-hydroxylation sites is 1. The zero-order valence-corrected chi connectivity index (χ0v) is 16.8. The van der Waals surface area contributed by atoms with Crippen molar-refractivity contribution < 1.29 is 4.74 Å². The first-order valence-corrected chi connectivity index (χ1v) is 14.8. The third kappa shape index (κ3) is 2.95. The highest BCUT2D eigenvalue weighted by atomic mass is 28.3. The maximum Gasteiger partial charge on any atom is 0.119 e. The summed E-state index contributed by atoms with van der Waals surface area (Å²) in [5, 5.41) is 4.62. The first kappa shape index (κ1) is 16.3. The summed E-state index contributed by atoms with van der Waals surface area (Å²) in [6, 6.07) is 19.6. The first-order chi connectivity index (χ1) is 10.8. The molecule has 3 rings (SSSR count). The van der Waals surface area contributed by atoms with Gasteiger partial charge < -0.3 is 4.74 Å². The Bertz CT molecular complexity index is 740. The Kier molecular flexibility index (Phi) is 4.11. The van der Waals surface area contributed by atoms with Gasteiger partial charge in [-0.25, -0.2) is 0 Å². The lowest BCUT2D eigenvalue weighted by molar-refractivity contribution is 0.356. The largest absolute Gasteiger partial charge is 0.490 e. The lowest BCUT2D eigenvalue weighted by atomic mass is 10.2. The summed E-state index contributed by atoms with van der Waals surface area (Å²) in [4.78, 5) is 0. The summed E-state index contributed by atoms with van der Waals surface area (Å²) in [5.41, 5.74) is 1.39. The quantitative estimate of drug-likeness (QED) is 0.710. The van der Waals surface area contributed by atoms with Gasteiger partial charge in [0.15, 0.2) is 0 Å². The van der Waals surface area contributed by atoms with Crippen LogP contribution in [0, 0.1) is 0 Å². The number of benzene rings is 2. The summed E-state index contributed by atoms with van der Waals surface area (Å²) in [6.45, 7) is 13.1. The van der Waals surface area contributed by atoms with Crippen LogP contribution in [0.3, 0.4) is 0 Å². The fraction of sp³-hybridized carbons (Fsp3) is 0.300. The molecule has 0 N–H and O–H groups in total. The molecule has 0 saturated carbocycles. The molecule has 120 valence electrons. The number of rotatable bonds is 2. The molecule has 0 amide bonds. The van der Waals surface area contributed by atoms with Gasteiger partial charge in [0, 0.05) is 0 Å². The Morgan fingerprint density at radius 1 is 0.913 bits per heavy atom. The molecule has 0 atom stereocenters. The maximum absolute atomic E-state index is 6.17. The summed E-state index contributed by atoms with van der Waals surface area (Å²) >= 11 is 0. The van der Waals surface area contributed by atoms with E-state index in [2.05, 4.69) is 87.3 Å². The first-order valence-electron chi connectivity index (χ1n) is 8.33. The van der Waals surface area contributed by atoms with Crippen molar-refractivity contribution in [3.8, 4) is 5.75 Å². The molecule has 1 aliphatic rings. The number of hydrogen-bond acceptors (Lipinski definition) is 1. The molecule has 0 radical (unpaired) electrons. The van der Waals surface area contributed by atoms with E-state index in [1.54, 1.807) is 10.4 Å². The molecule has 0 spiro atoms. The van der Waals surface area contributed by atoms with Gasteiger partial charge in [-0.2, -0.15) is 0 Å². The normalized spacial score (nSPS) is 18.8. The van der Waals surface area contributed by atoms with Gasteiger partial charge in [0.05, 0.1) is 8.07 Å². The minimum absolute atomic E-state index is 0.755. The smallest absolute Gasteiger partial charge is 0.119 e. The standard InChI is InChI=1S/C20H26OSi2/c1-22(2,3)20(16-11-7-6-8-12-16)19-15-21-17-13-9-10-14-18(17)23(19,4)5/h6-14H,15H2,1-5H3/b20-19+. The summed E-state index contributed by atoms with van der Waals surface area (Å²) in [6.07, 6.45) is 0. The van der Waals surface area contributed by atoms with E-state index in [0.29, 0.717) is 0 Å². The van der Waals surface area contributed by atoms with Crippen molar-refractivity contribution in [1.82, 2.24) is 0 Å². The van der Waals surface area contributed by atoms with Crippen LogP contribution in [0.2, 0.25) is 32.7 Å². The second-order valence-corrected chi connectivity index (χ2v) is 17.3. The summed E-state index contributed by atoms with van der Waals surface area (Å²) in [5.74, 6) is 1.09. The number of fused-ring (bicyclic) bond motifs is 1. The van der Waals surface area contributed by atoms with Crippen LogP contribution in [0.25, 0.3) is 5.20 Å². The average molecular weight is 339 g/mol. The van der Waals surface area contributed by atoms with E-state index in [1.165, 1.54) is 10.8 Å². The van der Waals surface area contributed by atoms with Crippen LogP contribution in [-0.4, -0.2) is 22.8 Å². The molecule has 0 bridgehead atoms. The minimum Gasteiger partial charge on any atom is -0.490 e. The van der Waals surface area contributed by atoms with E-state index >= 15 is 0 Å². The zero-order valence-electron chi connectivity index (χ0n) is 14.8. The van der Waals surface area contributed by atoms with Crippen LogP contribution in [-0.2, 0) is 0 Å². The van der Waals surface area contributed by atoms with Gasteiger partial charge in [-0.3, -0.25) is 0 Å². The van der Waals surface area contributed by atoms with Crippen molar-refractivity contribution in [3.05, 3.63) is 65.4 Å². The molecule has 0 unspecified atom stereocenters. The Labute approximate surface area is 142 Å². The second-order valence-electron chi connectivity index (χ2n) is 7.88. The van der Waals surface area contributed by atoms with Crippen LogP contribution in [0.5, 0.6) is 5.75 Å². The third-order valence-electron chi connectivity index (χ3n) is 4.80. The molecule has 1 heterocycles. The van der Waals surface area contributed by atoms with Crippen molar-refractivity contribution in [2.24, 2.45) is 0 Å². The Morgan fingerprint density at radius 3 is 2.17 bits per heavy atom. The van der Waals surface area contributed by atoms with E-state index in [-0.39, 0.29) is 0 Å². The van der Waals surface area contributed by atoms with Gasteiger partial charge in [-0.05, 0) is 22.0 Å². The summed E-state index contributed by atoms with van der Waals surface area (Å²) in [7, 11) is -3.20. The molecule has 0 aromatic heterocycles. The van der Waals surface area contributed by atoms with Crippen molar-refractivity contribution in [2.45, 2.75) is 32.7 Å². The number of ether oxygens (including phenoxy) is 1. The molecule has 0 aliphatic carbocycles. The van der Waals surface area contributed by atoms with Gasteiger partial charge in [0.25, 0.3) is 0 Å². The van der Waals surface area contributed by atoms with E-state index in [9.17, 15) is 0 Å². The monoisotopic (exact) mass is 338 g/mol. The van der Waals surface area contributed by atoms with Crippen LogP contribution in [0.15, 0.2) is 59.8 Å². The molecule has 1 aliphatic heterocycles. The van der Waals surface area contributed by atoms with Crippen LogP contribution < -0.4 is 9.92 Å². The van der Waals surface area contributed by atoms with Crippen LogP contribution >= 0.6 is 0 Å². The lowest BCUT2D eigenvalue weighted by Gasteiger charge is -2.38. The second kappa shape index (κ2) is 5.80. The van der Waals surface area contributed by atoms with Gasteiger partial charge in [0.1, 0.15) is 20.4 Å². The minimum atomic E-state index is -1.71. The highest BCUT2D eigenvalue weighted by Gasteiger charge is 2.39. The SMILES string of the molecule is C[Si](C)(C)/C(=C1\COc2ccccc2[Si]1(C)C)c1ccccc1. The Morgan fingerprint density at radius 2 is 1.52 bits per heavy atom. The number of hydrogen-bond donors (Lipinski definition) is 0. The molecule has 2 aromatic rings. The van der Waals surface area contributed by atoms with Gasteiger partial charge in [-0.1, -0.05) is 86.5 Å². The summed E-state index contributed by atoms with van der Waals surface area (Å²) < 4.78 is 6.17. The fourth-order valence-electron chi connectivity index (χ4n) is 3.65. The fourth-order valence-corrected chi connectivity index (χ4v) is 10.5. The van der Waals surface area contributed by atoms with Crippen molar-refractivity contribution in [3.63, 3.8) is 0 Å². The molecular formula is C20H26OSi2. The molecule has 23 heavy (non-hydrogen) atoms.